The SMILES string of the molecule is O=C(O)CSc1nc(Cl)cc(N2CCCC2)n1. The van der Waals surface area contributed by atoms with Gasteiger partial charge in [0, 0.05) is 19.2 Å². The van der Waals surface area contributed by atoms with Gasteiger partial charge in [-0.1, -0.05) is 23.4 Å². The summed E-state index contributed by atoms with van der Waals surface area (Å²) in [6.45, 7) is 1.94. The number of rotatable bonds is 4. The van der Waals surface area contributed by atoms with Gasteiger partial charge in [-0.05, 0) is 12.8 Å². The predicted octanol–water partition coefficient (Wildman–Crippen LogP) is 1.91. The Kier molecular flexibility index (Phi) is 4.06. The van der Waals surface area contributed by atoms with Crippen LogP contribution in [0.2, 0.25) is 5.15 Å². The lowest BCUT2D eigenvalue weighted by Gasteiger charge is -2.16. The van der Waals surface area contributed by atoms with Gasteiger partial charge < -0.3 is 10.0 Å². The first-order valence-electron chi connectivity index (χ1n) is 5.29. The molecule has 1 aliphatic rings. The van der Waals surface area contributed by atoms with Crippen LogP contribution in [0.5, 0.6) is 0 Å². The van der Waals surface area contributed by atoms with Crippen molar-refractivity contribution in [1.82, 2.24) is 9.97 Å². The minimum Gasteiger partial charge on any atom is -0.481 e. The van der Waals surface area contributed by atoms with E-state index in [0.717, 1.165) is 43.5 Å². The Balaban J connectivity index is 2.13. The molecule has 1 fully saturated rings. The molecule has 1 saturated heterocycles. The maximum absolute atomic E-state index is 10.5. The quantitative estimate of drug-likeness (QED) is 0.513. The smallest absolute Gasteiger partial charge is 0.313 e. The van der Waals surface area contributed by atoms with E-state index < -0.39 is 5.97 Å². The largest absolute Gasteiger partial charge is 0.481 e. The van der Waals surface area contributed by atoms with Crippen LogP contribution < -0.4 is 4.90 Å². The van der Waals surface area contributed by atoms with Crippen molar-refractivity contribution in [2.75, 3.05) is 23.7 Å². The zero-order valence-corrected chi connectivity index (χ0v) is 10.7. The third-order valence-corrected chi connectivity index (χ3v) is 3.44. The number of aliphatic carboxylic acids is 1. The van der Waals surface area contributed by atoms with E-state index in [1.165, 1.54) is 0 Å². The van der Waals surface area contributed by atoms with Crippen molar-refractivity contribution in [1.29, 1.82) is 0 Å². The Morgan fingerprint density at radius 3 is 2.82 bits per heavy atom. The van der Waals surface area contributed by atoms with Crippen LogP contribution in [0, 0.1) is 0 Å². The highest BCUT2D eigenvalue weighted by molar-refractivity contribution is 7.99. The molecule has 0 spiro atoms. The van der Waals surface area contributed by atoms with E-state index in [9.17, 15) is 4.79 Å². The molecule has 1 N–H and O–H groups in total. The molecule has 0 aliphatic carbocycles. The summed E-state index contributed by atoms with van der Waals surface area (Å²) >= 11 is 6.99. The van der Waals surface area contributed by atoms with Crippen molar-refractivity contribution >= 4 is 35.1 Å². The molecule has 92 valence electrons. The number of anilines is 1. The van der Waals surface area contributed by atoms with Gasteiger partial charge in [-0.15, -0.1) is 0 Å². The van der Waals surface area contributed by atoms with Crippen molar-refractivity contribution in [3.8, 4) is 0 Å². The number of halogens is 1. The lowest BCUT2D eigenvalue weighted by molar-refractivity contribution is -0.133. The fraction of sp³-hybridized carbons (Fsp3) is 0.500. The summed E-state index contributed by atoms with van der Waals surface area (Å²) in [6, 6.07) is 1.72. The molecule has 17 heavy (non-hydrogen) atoms. The van der Waals surface area contributed by atoms with Crippen LogP contribution in [0.15, 0.2) is 11.2 Å². The Morgan fingerprint density at radius 1 is 1.47 bits per heavy atom. The maximum Gasteiger partial charge on any atom is 0.313 e. The molecule has 1 aromatic rings. The van der Waals surface area contributed by atoms with Gasteiger partial charge in [-0.2, -0.15) is 0 Å². The molecule has 0 atom stereocenters. The monoisotopic (exact) mass is 273 g/mol. The normalized spacial score (nSPS) is 15.2. The van der Waals surface area contributed by atoms with E-state index in [-0.39, 0.29) is 5.75 Å². The molecule has 2 heterocycles. The summed E-state index contributed by atoms with van der Waals surface area (Å²) in [4.78, 5) is 20.9. The highest BCUT2D eigenvalue weighted by atomic mass is 35.5. The summed E-state index contributed by atoms with van der Waals surface area (Å²) in [7, 11) is 0. The highest BCUT2D eigenvalue weighted by Gasteiger charge is 2.15. The van der Waals surface area contributed by atoms with Gasteiger partial charge in [0.1, 0.15) is 11.0 Å². The number of carbonyl (C=O) groups is 1. The van der Waals surface area contributed by atoms with Crippen molar-refractivity contribution in [3.63, 3.8) is 0 Å². The molecule has 0 saturated carbocycles. The van der Waals surface area contributed by atoms with Crippen LogP contribution in [-0.4, -0.2) is 39.9 Å². The minimum absolute atomic E-state index is 0.0558. The van der Waals surface area contributed by atoms with Gasteiger partial charge in [-0.25, -0.2) is 9.97 Å². The molecule has 1 aromatic heterocycles. The van der Waals surface area contributed by atoms with Crippen molar-refractivity contribution < 1.29 is 9.90 Å². The van der Waals surface area contributed by atoms with E-state index in [1.54, 1.807) is 6.07 Å². The van der Waals surface area contributed by atoms with Crippen LogP contribution in [0.4, 0.5) is 5.82 Å². The predicted molar refractivity (Wildman–Crippen MR) is 66.8 cm³/mol. The summed E-state index contributed by atoms with van der Waals surface area (Å²) in [5.74, 6) is -0.156. The second kappa shape index (κ2) is 5.55. The standard InChI is InChI=1S/C10H12ClN3O2S/c11-7-5-8(14-3-1-2-4-14)13-10(12-7)17-6-9(15)16/h5H,1-4,6H2,(H,15,16). The minimum atomic E-state index is -0.888. The topological polar surface area (TPSA) is 66.3 Å². The lowest BCUT2D eigenvalue weighted by Crippen LogP contribution is -2.19. The number of carboxylic acids is 1. The number of carboxylic acid groups (broad SMARTS) is 1. The molecule has 2 rings (SSSR count). The first kappa shape index (κ1) is 12.4. The number of hydrogen-bond acceptors (Lipinski definition) is 5. The van der Waals surface area contributed by atoms with Crippen molar-refractivity contribution in [2.45, 2.75) is 18.0 Å². The van der Waals surface area contributed by atoms with Crippen molar-refractivity contribution in [2.24, 2.45) is 0 Å². The summed E-state index contributed by atoms with van der Waals surface area (Å²) in [6.07, 6.45) is 2.30. The van der Waals surface area contributed by atoms with Gasteiger partial charge in [0.2, 0.25) is 0 Å². The molecular weight excluding hydrogens is 262 g/mol. The Bertz CT molecular complexity index is 424. The maximum atomic E-state index is 10.5. The average molecular weight is 274 g/mol. The second-order valence-corrected chi connectivity index (χ2v) is 5.04. The van der Waals surface area contributed by atoms with E-state index in [2.05, 4.69) is 14.9 Å². The Labute approximate surface area is 108 Å². The van der Waals surface area contributed by atoms with E-state index in [0.29, 0.717) is 10.3 Å². The Hall–Kier alpha value is -1.01. The first-order valence-corrected chi connectivity index (χ1v) is 6.65. The van der Waals surface area contributed by atoms with Gasteiger partial charge >= 0.3 is 5.97 Å². The van der Waals surface area contributed by atoms with E-state index in [4.69, 9.17) is 16.7 Å². The summed E-state index contributed by atoms with van der Waals surface area (Å²) in [5.41, 5.74) is 0. The third-order valence-electron chi connectivity index (χ3n) is 2.42. The molecule has 5 nitrogen and oxygen atoms in total. The molecular formula is C10H12ClN3O2S. The summed E-state index contributed by atoms with van der Waals surface area (Å²) in [5, 5.41) is 9.38. The zero-order chi connectivity index (χ0) is 12.3. The second-order valence-electron chi connectivity index (χ2n) is 3.71. The molecule has 0 bridgehead atoms. The molecule has 0 radical (unpaired) electrons. The molecule has 7 heteroatoms. The van der Waals surface area contributed by atoms with Gasteiger partial charge in [-0.3, -0.25) is 4.79 Å². The third kappa shape index (κ3) is 3.47. The van der Waals surface area contributed by atoms with Gasteiger partial charge in [0.25, 0.3) is 0 Å². The number of nitrogens with zero attached hydrogens (tertiary/aromatic N) is 3. The molecule has 1 aliphatic heterocycles. The number of thioether (sulfide) groups is 1. The first-order chi connectivity index (χ1) is 8.15. The summed E-state index contributed by atoms with van der Waals surface area (Å²) < 4.78 is 0. The van der Waals surface area contributed by atoms with Crippen LogP contribution >= 0.6 is 23.4 Å². The van der Waals surface area contributed by atoms with Crippen LogP contribution in [-0.2, 0) is 4.79 Å². The highest BCUT2D eigenvalue weighted by Crippen LogP contribution is 2.24. The van der Waals surface area contributed by atoms with Crippen LogP contribution in [0.1, 0.15) is 12.8 Å². The van der Waals surface area contributed by atoms with Crippen molar-refractivity contribution in [3.05, 3.63) is 11.2 Å². The molecule has 0 aromatic carbocycles. The molecule has 0 amide bonds. The van der Waals surface area contributed by atoms with Gasteiger partial charge in [0.15, 0.2) is 5.16 Å². The van der Waals surface area contributed by atoms with Crippen LogP contribution in [0.3, 0.4) is 0 Å². The fourth-order valence-electron chi connectivity index (χ4n) is 1.68. The zero-order valence-electron chi connectivity index (χ0n) is 9.10. The van der Waals surface area contributed by atoms with E-state index in [1.807, 2.05) is 0 Å². The van der Waals surface area contributed by atoms with E-state index >= 15 is 0 Å². The Morgan fingerprint density at radius 2 is 2.18 bits per heavy atom. The number of hydrogen-bond donors (Lipinski definition) is 1. The molecule has 0 unspecified atom stereocenters. The fourth-order valence-corrected chi connectivity index (χ4v) is 2.49. The number of aromatic nitrogens is 2. The van der Waals surface area contributed by atoms with Crippen LogP contribution in [0.25, 0.3) is 0 Å². The average Bonchev–Trinajstić information content (AvgIpc) is 2.79. The lowest BCUT2D eigenvalue weighted by atomic mass is 10.4. The van der Waals surface area contributed by atoms with Gasteiger partial charge in [0.05, 0.1) is 5.75 Å².